The molecule has 0 spiro atoms. The van der Waals surface area contributed by atoms with Crippen LogP contribution in [0.5, 0.6) is 0 Å². The molecule has 134 valence electrons. The number of nitrogens with two attached hydrogens (primary N) is 1. The Morgan fingerprint density at radius 1 is 1.04 bits per heavy atom. The fourth-order valence-corrected chi connectivity index (χ4v) is 2.31. The van der Waals surface area contributed by atoms with Crippen molar-refractivity contribution in [2.24, 2.45) is 0 Å². The van der Waals surface area contributed by atoms with Crippen molar-refractivity contribution in [2.45, 2.75) is 0 Å². The Morgan fingerprint density at radius 2 is 1.67 bits per heavy atom. The van der Waals surface area contributed by atoms with E-state index in [-0.39, 0.29) is 17.5 Å². The second-order valence-electron chi connectivity index (χ2n) is 5.38. The lowest BCUT2D eigenvalue weighted by molar-refractivity contribution is 0.102. The molecule has 0 amide bonds. The van der Waals surface area contributed by atoms with Crippen LogP contribution in [0.15, 0.2) is 42.5 Å². The summed E-state index contributed by atoms with van der Waals surface area (Å²) in [5.41, 5.74) is 5.23. The van der Waals surface area contributed by atoms with Crippen molar-refractivity contribution < 1.29 is 18.0 Å². The number of nitrogens with zero attached hydrogens (tertiary/aromatic N) is 3. The van der Waals surface area contributed by atoms with Gasteiger partial charge in [0.2, 0.25) is 11.7 Å². The maximum Gasteiger partial charge on any atom is 0.222 e. The molecule has 2 aromatic carbocycles. The zero-order valence-corrected chi connectivity index (χ0v) is 13.5. The van der Waals surface area contributed by atoms with E-state index in [1.165, 1.54) is 0 Å². The molecule has 1 heterocycles. The lowest BCUT2D eigenvalue weighted by Crippen LogP contribution is -2.13. The highest BCUT2D eigenvalue weighted by molar-refractivity contribution is 6.08. The first-order valence-corrected chi connectivity index (χ1v) is 7.48. The zero-order chi connectivity index (χ0) is 19.6. The highest BCUT2D eigenvalue weighted by atomic mass is 19.1. The van der Waals surface area contributed by atoms with Crippen LogP contribution in [-0.2, 0) is 0 Å². The standard InChI is InChI=1S/C18H10F3N5O/c19-10-5-12(20)16(13(21)6-10)17(27)14-7-15(26-18(23)25-14)24-11-3-1-9(8-22)2-4-11/h1-7H,(H3,23,24,25,26). The third-order valence-corrected chi connectivity index (χ3v) is 3.50. The van der Waals surface area contributed by atoms with Crippen LogP contribution in [0.1, 0.15) is 21.6 Å². The van der Waals surface area contributed by atoms with Crippen molar-refractivity contribution in [1.29, 1.82) is 5.26 Å². The van der Waals surface area contributed by atoms with E-state index in [1.807, 2.05) is 6.07 Å². The van der Waals surface area contributed by atoms with Crippen LogP contribution in [-0.4, -0.2) is 15.8 Å². The summed E-state index contributed by atoms with van der Waals surface area (Å²) in [7, 11) is 0. The van der Waals surface area contributed by atoms with Crippen molar-refractivity contribution in [3.05, 3.63) is 76.7 Å². The quantitative estimate of drug-likeness (QED) is 0.684. The van der Waals surface area contributed by atoms with Gasteiger partial charge in [0.25, 0.3) is 0 Å². The van der Waals surface area contributed by atoms with Crippen molar-refractivity contribution in [1.82, 2.24) is 9.97 Å². The highest BCUT2D eigenvalue weighted by Crippen LogP contribution is 2.21. The molecule has 0 unspecified atom stereocenters. The monoisotopic (exact) mass is 369 g/mol. The van der Waals surface area contributed by atoms with E-state index in [1.54, 1.807) is 24.3 Å². The molecule has 0 fully saturated rings. The normalized spacial score (nSPS) is 10.3. The van der Waals surface area contributed by atoms with Gasteiger partial charge in [0, 0.05) is 23.9 Å². The van der Waals surface area contributed by atoms with E-state index in [0.29, 0.717) is 23.4 Å². The molecule has 3 aromatic rings. The molecule has 6 nitrogen and oxygen atoms in total. The molecule has 0 aliphatic carbocycles. The summed E-state index contributed by atoms with van der Waals surface area (Å²) in [6, 6.07) is 10.2. The predicted molar refractivity (Wildman–Crippen MR) is 90.6 cm³/mol. The largest absolute Gasteiger partial charge is 0.368 e. The average Bonchev–Trinajstić information content (AvgIpc) is 2.61. The summed E-state index contributed by atoms with van der Waals surface area (Å²) in [5.74, 6) is -5.17. The topological polar surface area (TPSA) is 105 Å². The minimum Gasteiger partial charge on any atom is -0.368 e. The third-order valence-electron chi connectivity index (χ3n) is 3.50. The lowest BCUT2D eigenvalue weighted by atomic mass is 10.1. The van der Waals surface area contributed by atoms with E-state index < -0.39 is 28.8 Å². The molecule has 3 N–H and O–H groups in total. The number of halogens is 3. The number of rotatable bonds is 4. The number of aromatic nitrogens is 2. The molecule has 27 heavy (non-hydrogen) atoms. The first-order valence-electron chi connectivity index (χ1n) is 7.48. The Labute approximate surface area is 151 Å². The summed E-state index contributed by atoms with van der Waals surface area (Å²) in [6.07, 6.45) is 0. The molecule has 0 aliphatic rings. The molecule has 0 atom stereocenters. The number of benzene rings is 2. The Hall–Kier alpha value is -3.93. The van der Waals surface area contributed by atoms with Gasteiger partial charge < -0.3 is 11.1 Å². The first kappa shape index (κ1) is 17.9. The number of nitrogen functional groups attached to an aromatic ring is 1. The first-order chi connectivity index (χ1) is 12.9. The van der Waals surface area contributed by atoms with Gasteiger partial charge in [-0.1, -0.05) is 0 Å². The minimum absolute atomic E-state index is 0.0958. The van der Waals surface area contributed by atoms with Gasteiger partial charge in [-0.15, -0.1) is 0 Å². The highest BCUT2D eigenvalue weighted by Gasteiger charge is 2.22. The Bertz CT molecular complexity index is 1050. The second kappa shape index (κ2) is 7.13. The van der Waals surface area contributed by atoms with Crippen LogP contribution in [0.3, 0.4) is 0 Å². The van der Waals surface area contributed by atoms with Crippen molar-refractivity contribution in [3.63, 3.8) is 0 Å². The second-order valence-corrected chi connectivity index (χ2v) is 5.38. The zero-order valence-electron chi connectivity index (χ0n) is 13.5. The number of hydrogen-bond acceptors (Lipinski definition) is 6. The predicted octanol–water partition coefficient (Wildman–Crippen LogP) is 3.32. The van der Waals surface area contributed by atoms with E-state index in [0.717, 1.165) is 6.07 Å². The molecule has 3 rings (SSSR count). The molecule has 9 heteroatoms. The maximum absolute atomic E-state index is 13.8. The van der Waals surface area contributed by atoms with Crippen LogP contribution in [0, 0.1) is 28.8 Å². The Kier molecular flexibility index (Phi) is 4.72. The van der Waals surface area contributed by atoms with Gasteiger partial charge >= 0.3 is 0 Å². The maximum atomic E-state index is 13.8. The number of anilines is 3. The van der Waals surface area contributed by atoms with Crippen LogP contribution >= 0.6 is 0 Å². The van der Waals surface area contributed by atoms with E-state index in [9.17, 15) is 18.0 Å². The summed E-state index contributed by atoms with van der Waals surface area (Å²) in [4.78, 5) is 20.0. The van der Waals surface area contributed by atoms with Crippen LogP contribution < -0.4 is 11.1 Å². The van der Waals surface area contributed by atoms with Gasteiger partial charge in [0.15, 0.2) is 0 Å². The molecular weight excluding hydrogens is 359 g/mol. The smallest absolute Gasteiger partial charge is 0.222 e. The van der Waals surface area contributed by atoms with Gasteiger partial charge in [-0.2, -0.15) is 10.2 Å². The Morgan fingerprint density at radius 3 is 2.26 bits per heavy atom. The fourth-order valence-electron chi connectivity index (χ4n) is 2.31. The number of carbonyl (C=O) groups is 1. The molecule has 1 aromatic heterocycles. The van der Waals surface area contributed by atoms with Crippen molar-refractivity contribution >= 4 is 23.2 Å². The van der Waals surface area contributed by atoms with Gasteiger partial charge in [-0.3, -0.25) is 4.79 Å². The Balaban J connectivity index is 1.95. The van der Waals surface area contributed by atoms with Crippen LogP contribution in [0.2, 0.25) is 0 Å². The van der Waals surface area contributed by atoms with Gasteiger partial charge in [-0.25, -0.2) is 18.2 Å². The summed E-state index contributed by atoms with van der Waals surface area (Å²) in [5, 5.41) is 11.6. The van der Waals surface area contributed by atoms with Crippen molar-refractivity contribution in [3.8, 4) is 6.07 Å². The van der Waals surface area contributed by atoms with Gasteiger partial charge in [0.1, 0.15) is 29.0 Å². The summed E-state index contributed by atoms with van der Waals surface area (Å²) in [6.45, 7) is 0. The average molecular weight is 369 g/mol. The van der Waals surface area contributed by atoms with E-state index >= 15 is 0 Å². The summed E-state index contributed by atoms with van der Waals surface area (Å²) < 4.78 is 40.7. The fraction of sp³-hybridized carbons (Fsp3) is 0. The van der Waals surface area contributed by atoms with E-state index in [4.69, 9.17) is 11.0 Å². The third kappa shape index (κ3) is 3.85. The minimum atomic E-state index is -1.35. The van der Waals surface area contributed by atoms with Crippen LogP contribution in [0.25, 0.3) is 0 Å². The van der Waals surface area contributed by atoms with Gasteiger partial charge in [0.05, 0.1) is 17.2 Å². The molecule has 0 saturated heterocycles. The summed E-state index contributed by atoms with van der Waals surface area (Å²) >= 11 is 0. The lowest BCUT2D eigenvalue weighted by Gasteiger charge is -2.09. The number of carbonyl (C=O) groups excluding carboxylic acids is 1. The molecule has 0 bridgehead atoms. The van der Waals surface area contributed by atoms with E-state index in [2.05, 4.69) is 15.3 Å². The molecule has 0 saturated carbocycles. The van der Waals surface area contributed by atoms with Crippen LogP contribution in [0.4, 0.5) is 30.6 Å². The molecule has 0 radical (unpaired) electrons. The molecular formula is C18H10F3N5O. The van der Waals surface area contributed by atoms with Crippen molar-refractivity contribution in [2.75, 3.05) is 11.1 Å². The SMILES string of the molecule is N#Cc1ccc(Nc2cc(C(=O)c3c(F)cc(F)cc3F)nc(N)n2)cc1. The number of nitriles is 1. The molecule has 0 aliphatic heterocycles. The number of nitrogens with one attached hydrogen (secondary N) is 1. The number of ketones is 1. The number of hydrogen-bond donors (Lipinski definition) is 2. The van der Waals surface area contributed by atoms with Gasteiger partial charge in [-0.05, 0) is 24.3 Å².